The highest BCUT2D eigenvalue weighted by Gasteiger charge is 2.10. The molecule has 19 heavy (non-hydrogen) atoms. The number of nitrogens with two attached hydrogens (primary N) is 2. The molecule has 0 bridgehead atoms. The van der Waals surface area contributed by atoms with Gasteiger partial charge in [0.25, 0.3) is 5.91 Å². The number of nitrogen functional groups attached to an aromatic ring is 2. The molecule has 0 spiro atoms. The van der Waals surface area contributed by atoms with E-state index in [0.29, 0.717) is 21.3 Å². The fourth-order valence-corrected chi connectivity index (χ4v) is 3.03. The fourth-order valence-electron chi connectivity index (χ4n) is 1.32. The summed E-state index contributed by atoms with van der Waals surface area (Å²) in [6.07, 6.45) is 0. The minimum atomic E-state index is -0.425. The molecular formula is C11H11FN4OS2. The van der Waals surface area contributed by atoms with Crippen LogP contribution in [0.15, 0.2) is 28.5 Å². The van der Waals surface area contributed by atoms with Gasteiger partial charge in [-0.1, -0.05) is 0 Å². The molecule has 0 radical (unpaired) electrons. The zero-order chi connectivity index (χ0) is 13.8. The number of amides is 1. The van der Waals surface area contributed by atoms with Crippen LogP contribution in [0.3, 0.4) is 0 Å². The Kier molecular flexibility index (Phi) is 4.35. The van der Waals surface area contributed by atoms with Crippen LogP contribution < -0.4 is 17.0 Å². The maximum Gasteiger partial charge on any atom is 0.294 e. The standard InChI is InChI=1S/C11H11FN4OS2/c12-6-1-2-8(13)9(3-6)18-4-7-5-19-11(15-7)10(17)16-14/h1-3,5H,4,13-14H2,(H,16,17). The van der Waals surface area contributed by atoms with Crippen LogP contribution in [0.25, 0.3) is 0 Å². The molecule has 0 aliphatic carbocycles. The van der Waals surface area contributed by atoms with Gasteiger partial charge in [0.1, 0.15) is 5.82 Å². The Bertz CT molecular complexity index is 602. The van der Waals surface area contributed by atoms with E-state index in [2.05, 4.69) is 4.98 Å². The van der Waals surface area contributed by atoms with Crippen molar-refractivity contribution in [1.29, 1.82) is 0 Å². The van der Waals surface area contributed by atoms with E-state index in [1.165, 1.54) is 41.3 Å². The average Bonchev–Trinajstić information content (AvgIpc) is 2.88. The molecule has 1 aromatic carbocycles. The van der Waals surface area contributed by atoms with Gasteiger partial charge in [-0.05, 0) is 18.2 Å². The molecule has 5 nitrogen and oxygen atoms in total. The Hall–Kier alpha value is -1.64. The van der Waals surface area contributed by atoms with E-state index in [0.717, 1.165) is 5.69 Å². The summed E-state index contributed by atoms with van der Waals surface area (Å²) in [5, 5.41) is 2.05. The quantitative estimate of drug-likeness (QED) is 0.263. The number of benzene rings is 1. The number of nitrogens with one attached hydrogen (secondary N) is 1. The molecule has 1 aromatic heterocycles. The Balaban J connectivity index is 2.04. The van der Waals surface area contributed by atoms with Crippen molar-refractivity contribution in [3.05, 3.63) is 40.1 Å². The average molecular weight is 298 g/mol. The minimum Gasteiger partial charge on any atom is -0.398 e. The number of thioether (sulfide) groups is 1. The number of hydrogen-bond donors (Lipinski definition) is 3. The number of halogens is 1. The summed E-state index contributed by atoms with van der Waals surface area (Å²) < 4.78 is 13.1. The second-order valence-corrected chi connectivity index (χ2v) is 5.46. The minimum absolute atomic E-state index is 0.297. The molecule has 2 aromatic rings. The van der Waals surface area contributed by atoms with Crippen LogP contribution in [0, 0.1) is 5.82 Å². The zero-order valence-electron chi connectivity index (χ0n) is 9.72. The van der Waals surface area contributed by atoms with Gasteiger partial charge in [0.15, 0.2) is 5.01 Å². The maximum absolute atomic E-state index is 13.1. The van der Waals surface area contributed by atoms with Crippen LogP contribution in [-0.4, -0.2) is 10.9 Å². The summed E-state index contributed by atoms with van der Waals surface area (Å²) in [5.41, 5.74) is 9.00. The molecule has 1 amide bonds. The first-order valence-electron chi connectivity index (χ1n) is 5.23. The highest BCUT2D eigenvalue weighted by atomic mass is 32.2. The highest BCUT2D eigenvalue weighted by molar-refractivity contribution is 7.98. The molecule has 5 N–H and O–H groups in total. The van der Waals surface area contributed by atoms with E-state index in [1.807, 2.05) is 5.43 Å². The molecule has 0 saturated heterocycles. The molecule has 8 heteroatoms. The number of thiazole rings is 1. The highest BCUT2D eigenvalue weighted by Crippen LogP contribution is 2.29. The molecule has 0 aliphatic heterocycles. The van der Waals surface area contributed by atoms with Crippen molar-refractivity contribution < 1.29 is 9.18 Å². The van der Waals surface area contributed by atoms with E-state index in [4.69, 9.17) is 11.6 Å². The lowest BCUT2D eigenvalue weighted by atomic mass is 10.3. The lowest BCUT2D eigenvalue weighted by Gasteiger charge is -2.03. The van der Waals surface area contributed by atoms with Crippen molar-refractivity contribution in [3.63, 3.8) is 0 Å². The predicted molar refractivity (Wildman–Crippen MR) is 74.1 cm³/mol. The number of nitrogens with zero attached hydrogens (tertiary/aromatic N) is 1. The van der Waals surface area contributed by atoms with Gasteiger partial charge in [0.05, 0.1) is 5.69 Å². The van der Waals surface area contributed by atoms with Crippen molar-refractivity contribution in [3.8, 4) is 0 Å². The van der Waals surface area contributed by atoms with Gasteiger partial charge in [0.2, 0.25) is 0 Å². The summed E-state index contributed by atoms with van der Waals surface area (Å²) in [6, 6.07) is 4.21. The van der Waals surface area contributed by atoms with Gasteiger partial charge < -0.3 is 5.73 Å². The summed E-state index contributed by atoms with van der Waals surface area (Å²) in [7, 11) is 0. The Morgan fingerprint density at radius 1 is 1.53 bits per heavy atom. The molecule has 0 fully saturated rings. The van der Waals surface area contributed by atoms with Crippen molar-refractivity contribution >= 4 is 34.7 Å². The van der Waals surface area contributed by atoms with E-state index < -0.39 is 5.91 Å². The number of rotatable bonds is 4. The number of hydrazine groups is 1. The zero-order valence-corrected chi connectivity index (χ0v) is 11.4. The summed E-state index contributed by atoms with van der Waals surface area (Å²) in [4.78, 5) is 16.0. The van der Waals surface area contributed by atoms with E-state index in [9.17, 15) is 9.18 Å². The fraction of sp³-hybridized carbons (Fsp3) is 0.0909. The Morgan fingerprint density at radius 2 is 2.32 bits per heavy atom. The van der Waals surface area contributed by atoms with Gasteiger partial charge in [-0.2, -0.15) is 0 Å². The van der Waals surface area contributed by atoms with Crippen LogP contribution in [0.2, 0.25) is 0 Å². The maximum atomic E-state index is 13.1. The predicted octanol–water partition coefficient (Wildman–Crippen LogP) is 1.76. The van der Waals surface area contributed by atoms with Crippen LogP contribution in [0.1, 0.15) is 15.5 Å². The topological polar surface area (TPSA) is 94.0 Å². The molecule has 0 atom stereocenters. The van der Waals surface area contributed by atoms with Crippen LogP contribution in [0.5, 0.6) is 0 Å². The first-order chi connectivity index (χ1) is 9.10. The Labute approximate surface area is 117 Å². The van der Waals surface area contributed by atoms with Gasteiger partial charge in [-0.3, -0.25) is 10.2 Å². The van der Waals surface area contributed by atoms with Gasteiger partial charge in [0, 0.05) is 21.7 Å². The normalized spacial score (nSPS) is 10.4. The van der Waals surface area contributed by atoms with Gasteiger partial charge >= 0.3 is 0 Å². The van der Waals surface area contributed by atoms with Crippen LogP contribution in [0.4, 0.5) is 10.1 Å². The monoisotopic (exact) mass is 298 g/mol. The molecule has 0 aliphatic rings. The third kappa shape index (κ3) is 3.43. The van der Waals surface area contributed by atoms with E-state index >= 15 is 0 Å². The second-order valence-electron chi connectivity index (χ2n) is 3.59. The summed E-state index contributed by atoms with van der Waals surface area (Å²) in [6.45, 7) is 0. The van der Waals surface area contributed by atoms with Crippen molar-refractivity contribution in [2.24, 2.45) is 5.84 Å². The van der Waals surface area contributed by atoms with Crippen molar-refractivity contribution in [2.45, 2.75) is 10.6 Å². The van der Waals surface area contributed by atoms with Gasteiger partial charge in [-0.25, -0.2) is 15.2 Å². The lowest BCUT2D eigenvalue weighted by molar-refractivity contribution is 0.0953. The Morgan fingerprint density at radius 3 is 3.05 bits per heavy atom. The first-order valence-corrected chi connectivity index (χ1v) is 7.10. The number of carbonyl (C=O) groups is 1. The van der Waals surface area contributed by atoms with E-state index in [-0.39, 0.29) is 5.82 Å². The van der Waals surface area contributed by atoms with Gasteiger partial charge in [-0.15, -0.1) is 23.1 Å². The SMILES string of the molecule is NNC(=O)c1nc(CSc2cc(F)ccc2N)cs1. The molecular weight excluding hydrogens is 287 g/mol. The summed E-state index contributed by atoms with van der Waals surface area (Å²) in [5.74, 6) is 4.76. The third-order valence-corrected chi connectivity index (χ3v) is 4.22. The van der Waals surface area contributed by atoms with E-state index in [1.54, 1.807) is 5.38 Å². The molecule has 1 heterocycles. The molecule has 0 saturated carbocycles. The smallest absolute Gasteiger partial charge is 0.294 e. The number of aromatic nitrogens is 1. The lowest BCUT2D eigenvalue weighted by Crippen LogP contribution is -2.29. The second kappa shape index (κ2) is 6.00. The van der Waals surface area contributed by atoms with Crippen molar-refractivity contribution in [2.75, 3.05) is 5.73 Å². The largest absolute Gasteiger partial charge is 0.398 e. The third-order valence-electron chi connectivity index (χ3n) is 2.23. The molecule has 0 unspecified atom stereocenters. The van der Waals surface area contributed by atoms with Crippen LogP contribution >= 0.6 is 23.1 Å². The van der Waals surface area contributed by atoms with Crippen molar-refractivity contribution in [1.82, 2.24) is 10.4 Å². The summed E-state index contributed by atoms with van der Waals surface area (Å²) >= 11 is 2.57. The molecule has 2 rings (SSSR count). The number of hydrogen-bond acceptors (Lipinski definition) is 6. The van der Waals surface area contributed by atoms with Crippen LogP contribution in [-0.2, 0) is 5.75 Å². The molecule has 100 valence electrons. The first kappa shape index (κ1) is 13.8. The number of anilines is 1. The number of carbonyl (C=O) groups excluding carboxylic acids is 1.